The predicted molar refractivity (Wildman–Crippen MR) is 97.3 cm³/mol. The number of carbonyl (C=O) groups excluding carboxylic acids is 1. The van der Waals surface area contributed by atoms with Crippen molar-refractivity contribution in [3.05, 3.63) is 87.1 Å². The van der Waals surface area contributed by atoms with Gasteiger partial charge in [-0.1, -0.05) is 23.7 Å². The van der Waals surface area contributed by atoms with Crippen LogP contribution < -0.4 is 5.43 Å². The Morgan fingerprint density at radius 1 is 1.15 bits per heavy atom. The lowest BCUT2D eigenvalue weighted by Gasteiger charge is -1.99. The summed E-state index contributed by atoms with van der Waals surface area (Å²) in [6.07, 6.45) is 1.36. The minimum atomic E-state index is -0.533. The Kier molecular flexibility index (Phi) is 5.09. The Hall–Kier alpha value is -3.45. The Labute approximate surface area is 153 Å². The summed E-state index contributed by atoms with van der Waals surface area (Å²) in [5.41, 5.74) is 3.33. The minimum absolute atomic E-state index is 0.0887. The van der Waals surface area contributed by atoms with Gasteiger partial charge in [0.05, 0.1) is 11.1 Å². The first-order chi connectivity index (χ1) is 12.5. The largest absolute Gasteiger partial charge is 0.455 e. The van der Waals surface area contributed by atoms with Crippen molar-refractivity contribution >= 4 is 29.4 Å². The third-order valence-corrected chi connectivity index (χ3v) is 3.67. The van der Waals surface area contributed by atoms with Gasteiger partial charge in [0.25, 0.3) is 11.6 Å². The summed E-state index contributed by atoms with van der Waals surface area (Å²) in [6, 6.07) is 15.9. The lowest BCUT2D eigenvalue weighted by Crippen LogP contribution is -2.17. The fourth-order valence-corrected chi connectivity index (χ4v) is 2.36. The average molecular weight is 370 g/mol. The van der Waals surface area contributed by atoms with Crippen molar-refractivity contribution in [3.63, 3.8) is 0 Å². The number of halogens is 1. The zero-order valence-electron chi connectivity index (χ0n) is 13.3. The van der Waals surface area contributed by atoms with Gasteiger partial charge in [-0.25, -0.2) is 5.43 Å². The molecule has 0 saturated carbocycles. The van der Waals surface area contributed by atoms with E-state index in [9.17, 15) is 14.9 Å². The average Bonchev–Trinajstić information content (AvgIpc) is 3.10. The summed E-state index contributed by atoms with van der Waals surface area (Å²) in [5.74, 6) is 0.581. The van der Waals surface area contributed by atoms with Crippen LogP contribution in [0.15, 0.2) is 70.2 Å². The van der Waals surface area contributed by atoms with Gasteiger partial charge in [-0.05, 0) is 36.4 Å². The van der Waals surface area contributed by atoms with E-state index in [0.29, 0.717) is 16.5 Å². The van der Waals surface area contributed by atoms with E-state index in [1.165, 1.54) is 30.5 Å². The van der Waals surface area contributed by atoms with E-state index >= 15 is 0 Å². The third-order valence-electron chi connectivity index (χ3n) is 3.43. The number of hydrogen-bond acceptors (Lipinski definition) is 5. The molecule has 8 heteroatoms. The number of non-ortho nitro benzene ring substituents is 1. The predicted octanol–water partition coefficient (Wildman–Crippen LogP) is 4.27. The second-order valence-electron chi connectivity index (χ2n) is 5.22. The van der Waals surface area contributed by atoms with E-state index in [1.54, 1.807) is 24.3 Å². The van der Waals surface area contributed by atoms with Crippen LogP contribution in [0.2, 0.25) is 5.02 Å². The first-order valence-electron chi connectivity index (χ1n) is 7.46. The number of nitrogens with one attached hydrogen (secondary N) is 1. The molecule has 0 bridgehead atoms. The zero-order chi connectivity index (χ0) is 18.5. The molecule has 130 valence electrons. The summed E-state index contributed by atoms with van der Waals surface area (Å²) < 4.78 is 5.62. The van der Waals surface area contributed by atoms with Crippen LogP contribution in [0, 0.1) is 10.1 Å². The highest BCUT2D eigenvalue weighted by Crippen LogP contribution is 2.24. The number of furan rings is 1. The minimum Gasteiger partial charge on any atom is -0.455 e. The number of benzene rings is 2. The molecule has 1 heterocycles. The molecule has 2 aromatic carbocycles. The van der Waals surface area contributed by atoms with Crippen LogP contribution in [0.3, 0.4) is 0 Å². The highest BCUT2D eigenvalue weighted by molar-refractivity contribution is 6.30. The fourth-order valence-electron chi connectivity index (χ4n) is 2.17. The van der Waals surface area contributed by atoms with E-state index < -0.39 is 10.8 Å². The standard InChI is InChI=1S/C18H12ClN3O4/c19-14-3-1-2-13(10-14)17-9-8-16(26-17)11-20-21-18(23)12-4-6-15(7-5-12)22(24)25/h1-11H,(H,21,23)/b20-11-. The maximum Gasteiger partial charge on any atom is 0.271 e. The Morgan fingerprint density at radius 3 is 2.62 bits per heavy atom. The van der Waals surface area contributed by atoms with Crippen LogP contribution in [-0.4, -0.2) is 17.0 Å². The lowest BCUT2D eigenvalue weighted by molar-refractivity contribution is -0.384. The molecule has 0 saturated heterocycles. The maximum atomic E-state index is 11.9. The van der Waals surface area contributed by atoms with Gasteiger partial charge in [-0.2, -0.15) is 5.10 Å². The SMILES string of the molecule is O=C(N/N=C\c1ccc(-c2cccc(Cl)c2)o1)c1ccc([N+](=O)[O-])cc1. The summed E-state index contributed by atoms with van der Waals surface area (Å²) in [6.45, 7) is 0. The number of nitro benzene ring substituents is 1. The monoisotopic (exact) mass is 369 g/mol. The van der Waals surface area contributed by atoms with E-state index in [-0.39, 0.29) is 11.3 Å². The molecule has 0 aliphatic heterocycles. The first-order valence-corrected chi connectivity index (χ1v) is 7.84. The van der Waals surface area contributed by atoms with E-state index in [1.807, 2.05) is 12.1 Å². The fraction of sp³-hybridized carbons (Fsp3) is 0. The van der Waals surface area contributed by atoms with Crippen LogP contribution in [0.1, 0.15) is 16.1 Å². The quantitative estimate of drug-likeness (QED) is 0.412. The van der Waals surface area contributed by atoms with Crippen molar-refractivity contribution < 1.29 is 14.1 Å². The molecule has 7 nitrogen and oxygen atoms in total. The highest BCUT2D eigenvalue weighted by Gasteiger charge is 2.09. The van der Waals surface area contributed by atoms with Gasteiger partial charge in [0.1, 0.15) is 11.5 Å². The number of rotatable bonds is 5. The second kappa shape index (κ2) is 7.62. The molecule has 0 fully saturated rings. The zero-order valence-corrected chi connectivity index (χ0v) is 14.0. The van der Waals surface area contributed by atoms with E-state index in [0.717, 1.165) is 5.56 Å². The number of nitrogens with zero attached hydrogens (tertiary/aromatic N) is 2. The van der Waals surface area contributed by atoms with Crippen LogP contribution in [-0.2, 0) is 0 Å². The Bertz CT molecular complexity index is 980. The van der Waals surface area contributed by atoms with E-state index in [4.69, 9.17) is 16.0 Å². The Balaban J connectivity index is 1.63. The molecular weight excluding hydrogens is 358 g/mol. The van der Waals surface area contributed by atoms with Gasteiger partial charge < -0.3 is 4.42 Å². The highest BCUT2D eigenvalue weighted by atomic mass is 35.5. The van der Waals surface area contributed by atoms with Gasteiger partial charge in [-0.3, -0.25) is 14.9 Å². The molecule has 1 aromatic heterocycles. The topological polar surface area (TPSA) is 97.7 Å². The van der Waals surface area contributed by atoms with Gasteiger partial charge in [-0.15, -0.1) is 0 Å². The lowest BCUT2D eigenvalue weighted by atomic mass is 10.2. The number of hydrogen-bond donors (Lipinski definition) is 1. The second-order valence-corrected chi connectivity index (χ2v) is 5.65. The van der Waals surface area contributed by atoms with Crippen molar-refractivity contribution in [2.75, 3.05) is 0 Å². The van der Waals surface area contributed by atoms with Crippen LogP contribution in [0.4, 0.5) is 5.69 Å². The summed E-state index contributed by atoms with van der Waals surface area (Å²) >= 11 is 5.95. The smallest absolute Gasteiger partial charge is 0.271 e. The molecular formula is C18H12ClN3O4. The molecule has 26 heavy (non-hydrogen) atoms. The number of hydrazone groups is 1. The third kappa shape index (κ3) is 4.14. The first kappa shape index (κ1) is 17.4. The van der Waals surface area contributed by atoms with Crippen molar-refractivity contribution in [3.8, 4) is 11.3 Å². The summed E-state index contributed by atoms with van der Waals surface area (Å²) in [4.78, 5) is 22.0. The van der Waals surface area contributed by atoms with Gasteiger partial charge >= 0.3 is 0 Å². The number of carbonyl (C=O) groups is 1. The molecule has 1 amide bonds. The molecule has 3 rings (SSSR count). The summed E-state index contributed by atoms with van der Waals surface area (Å²) in [7, 11) is 0. The van der Waals surface area contributed by atoms with Gasteiger partial charge in [0.15, 0.2) is 0 Å². The summed E-state index contributed by atoms with van der Waals surface area (Å²) in [5, 5.41) is 15.0. The van der Waals surface area contributed by atoms with Crippen LogP contribution in [0.5, 0.6) is 0 Å². The molecule has 0 atom stereocenters. The molecule has 3 aromatic rings. The van der Waals surface area contributed by atoms with E-state index in [2.05, 4.69) is 10.5 Å². The molecule has 0 radical (unpaired) electrons. The number of nitro groups is 1. The van der Waals surface area contributed by atoms with Crippen LogP contribution in [0.25, 0.3) is 11.3 Å². The Morgan fingerprint density at radius 2 is 1.92 bits per heavy atom. The molecule has 0 unspecified atom stereocenters. The van der Waals surface area contributed by atoms with Crippen molar-refractivity contribution in [1.82, 2.24) is 5.43 Å². The van der Waals surface area contributed by atoms with Crippen molar-refractivity contribution in [2.24, 2.45) is 5.10 Å². The van der Waals surface area contributed by atoms with Crippen molar-refractivity contribution in [1.29, 1.82) is 0 Å². The maximum absolute atomic E-state index is 11.9. The van der Waals surface area contributed by atoms with Gasteiger partial charge in [0, 0.05) is 28.3 Å². The molecule has 0 aliphatic carbocycles. The van der Waals surface area contributed by atoms with Gasteiger partial charge in [0.2, 0.25) is 0 Å². The molecule has 0 spiro atoms. The normalized spacial score (nSPS) is 10.8. The molecule has 0 aliphatic rings. The molecule has 1 N–H and O–H groups in total. The van der Waals surface area contributed by atoms with Crippen molar-refractivity contribution in [2.45, 2.75) is 0 Å². The number of amides is 1. The van der Waals surface area contributed by atoms with Crippen LogP contribution >= 0.6 is 11.6 Å².